The van der Waals surface area contributed by atoms with E-state index in [1.165, 1.54) is 0 Å². The Hall–Kier alpha value is -1.95. The number of aromatic nitrogens is 1. The predicted molar refractivity (Wildman–Crippen MR) is 77.6 cm³/mol. The van der Waals surface area contributed by atoms with Crippen LogP contribution in [0.4, 0.5) is 0 Å². The number of ether oxygens (including phenoxy) is 1. The number of carbonyl (C=O) groups excluding carboxylic acids is 2. The Morgan fingerprint density at radius 3 is 2.91 bits per heavy atom. The predicted octanol–water partition coefficient (Wildman–Crippen LogP) is 0.430. The lowest BCUT2D eigenvalue weighted by molar-refractivity contribution is -0.154. The summed E-state index contributed by atoms with van der Waals surface area (Å²) in [5.74, 6) is 0.413. The van der Waals surface area contributed by atoms with Gasteiger partial charge in [-0.3, -0.25) is 14.6 Å². The lowest BCUT2D eigenvalue weighted by atomic mass is 10.1. The van der Waals surface area contributed by atoms with Gasteiger partial charge in [0.05, 0.1) is 24.4 Å². The number of hydrogen-bond donors (Lipinski definition) is 0. The van der Waals surface area contributed by atoms with Crippen molar-refractivity contribution in [3.63, 3.8) is 0 Å². The molecule has 2 aliphatic heterocycles. The summed E-state index contributed by atoms with van der Waals surface area (Å²) in [5, 5.41) is 0. The summed E-state index contributed by atoms with van der Waals surface area (Å²) in [6.07, 6.45) is 3.67. The molecule has 22 heavy (non-hydrogen) atoms. The van der Waals surface area contributed by atoms with Crippen molar-refractivity contribution in [3.05, 3.63) is 30.1 Å². The Morgan fingerprint density at radius 1 is 1.32 bits per heavy atom. The molecule has 2 unspecified atom stereocenters. The van der Waals surface area contributed by atoms with E-state index in [0.29, 0.717) is 19.6 Å². The van der Waals surface area contributed by atoms with Crippen LogP contribution in [0.2, 0.25) is 0 Å². The van der Waals surface area contributed by atoms with E-state index >= 15 is 0 Å². The maximum absolute atomic E-state index is 12.3. The summed E-state index contributed by atoms with van der Waals surface area (Å²) < 4.78 is 5.66. The monoisotopic (exact) mass is 301 g/mol. The first-order chi connectivity index (χ1) is 10.7. The molecule has 6 nitrogen and oxygen atoms in total. The number of likely N-dealkylation sites (tertiary alicyclic amines) is 1. The van der Waals surface area contributed by atoms with Crippen molar-refractivity contribution in [1.29, 1.82) is 0 Å². The molecule has 3 fully saturated rings. The number of nitrogens with zero attached hydrogens (tertiary/aromatic N) is 3. The fourth-order valence-electron chi connectivity index (χ4n) is 3.31. The molecular formula is C16H19N3O3. The zero-order chi connectivity index (χ0) is 15.1. The standard InChI is InChI=1S/C16H19N3O3/c20-15-10-22-14-9-18(16(21)11-4-5-11)8-13(14)19(15)7-12-3-1-2-6-17-12/h1-3,6,11,13-14H,4-5,7-10H2. The van der Waals surface area contributed by atoms with Crippen LogP contribution in [0.1, 0.15) is 18.5 Å². The summed E-state index contributed by atoms with van der Waals surface area (Å²) in [6, 6.07) is 5.65. The van der Waals surface area contributed by atoms with Gasteiger partial charge in [-0.1, -0.05) is 6.07 Å². The minimum Gasteiger partial charge on any atom is -0.364 e. The second kappa shape index (κ2) is 5.35. The van der Waals surface area contributed by atoms with Crippen LogP contribution in [0.25, 0.3) is 0 Å². The number of amides is 2. The Bertz CT molecular complexity index is 588. The van der Waals surface area contributed by atoms with Gasteiger partial charge in [0.15, 0.2) is 0 Å². The van der Waals surface area contributed by atoms with Crippen LogP contribution in [0.15, 0.2) is 24.4 Å². The SMILES string of the molecule is O=C(C1CC1)N1CC2OCC(=O)N(Cc3ccccn3)C2C1. The highest BCUT2D eigenvalue weighted by Crippen LogP contribution is 2.34. The van der Waals surface area contributed by atoms with Gasteiger partial charge >= 0.3 is 0 Å². The van der Waals surface area contributed by atoms with E-state index in [1.54, 1.807) is 6.20 Å². The molecule has 1 aromatic rings. The molecule has 2 saturated heterocycles. The molecule has 0 N–H and O–H groups in total. The molecule has 3 aliphatic rings. The smallest absolute Gasteiger partial charge is 0.249 e. The third kappa shape index (κ3) is 2.47. The second-order valence-corrected chi connectivity index (χ2v) is 6.28. The fourth-order valence-corrected chi connectivity index (χ4v) is 3.31. The largest absolute Gasteiger partial charge is 0.364 e. The number of carbonyl (C=O) groups is 2. The van der Waals surface area contributed by atoms with Gasteiger partial charge in [0, 0.05) is 25.2 Å². The van der Waals surface area contributed by atoms with E-state index in [9.17, 15) is 9.59 Å². The van der Waals surface area contributed by atoms with E-state index in [4.69, 9.17) is 4.74 Å². The highest BCUT2D eigenvalue weighted by atomic mass is 16.5. The van der Waals surface area contributed by atoms with Crippen molar-refractivity contribution in [2.24, 2.45) is 5.92 Å². The lowest BCUT2D eigenvalue weighted by Crippen LogP contribution is -2.53. The molecule has 3 heterocycles. The zero-order valence-corrected chi connectivity index (χ0v) is 12.4. The summed E-state index contributed by atoms with van der Waals surface area (Å²) >= 11 is 0. The lowest BCUT2D eigenvalue weighted by Gasteiger charge is -2.36. The number of morpholine rings is 1. The summed E-state index contributed by atoms with van der Waals surface area (Å²) in [5.41, 5.74) is 0.864. The van der Waals surface area contributed by atoms with Crippen molar-refractivity contribution in [2.45, 2.75) is 31.5 Å². The first-order valence-electron chi connectivity index (χ1n) is 7.82. The van der Waals surface area contributed by atoms with Gasteiger partial charge in [0.2, 0.25) is 11.8 Å². The minimum absolute atomic E-state index is 0.0207. The molecule has 2 amide bonds. The molecule has 2 atom stereocenters. The summed E-state index contributed by atoms with van der Waals surface area (Å²) in [4.78, 5) is 32.5. The van der Waals surface area contributed by atoms with E-state index in [1.807, 2.05) is 28.0 Å². The van der Waals surface area contributed by atoms with E-state index in [0.717, 1.165) is 18.5 Å². The van der Waals surface area contributed by atoms with Gasteiger partial charge in [-0.15, -0.1) is 0 Å². The molecule has 1 saturated carbocycles. The van der Waals surface area contributed by atoms with Gasteiger partial charge in [-0.25, -0.2) is 0 Å². The topological polar surface area (TPSA) is 62.7 Å². The Kier molecular flexibility index (Phi) is 3.33. The van der Waals surface area contributed by atoms with Crippen molar-refractivity contribution < 1.29 is 14.3 Å². The number of rotatable bonds is 3. The average molecular weight is 301 g/mol. The number of pyridine rings is 1. The molecule has 6 heteroatoms. The molecular weight excluding hydrogens is 282 g/mol. The molecule has 116 valence electrons. The van der Waals surface area contributed by atoms with Crippen molar-refractivity contribution >= 4 is 11.8 Å². The first kappa shape index (κ1) is 13.7. The quantitative estimate of drug-likeness (QED) is 0.812. The maximum atomic E-state index is 12.3. The van der Waals surface area contributed by atoms with Crippen LogP contribution in [0, 0.1) is 5.92 Å². The fraction of sp³-hybridized carbons (Fsp3) is 0.562. The molecule has 0 radical (unpaired) electrons. The van der Waals surface area contributed by atoms with Crippen LogP contribution in [0.5, 0.6) is 0 Å². The minimum atomic E-state index is -0.0656. The maximum Gasteiger partial charge on any atom is 0.249 e. The zero-order valence-electron chi connectivity index (χ0n) is 12.4. The summed E-state index contributed by atoms with van der Waals surface area (Å²) in [6.45, 7) is 1.76. The van der Waals surface area contributed by atoms with Gasteiger partial charge in [0.25, 0.3) is 0 Å². The van der Waals surface area contributed by atoms with Crippen LogP contribution in [-0.4, -0.2) is 58.4 Å². The van der Waals surface area contributed by atoms with Gasteiger partial charge in [-0.2, -0.15) is 0 Å². The average Bonchev–Trinajstić information content (AvgIpc) is 3.29. The molecule has 4 rings (SSSR count). The van der Waals surface area contributed by atoms with Crippen LogP contribution in [0.3, 0.4) is 0 Å². The summed E-state index contributed by atoms with van der Waals surface area (Å²) in [7, 11) is 0. The Morgan fingerprint density at radius 2 is 2.18 bits per heavy atom. The van der Waals surface area contributed by atoms with Gasteiger partial charge in [0.1, 0.15) is 6.61 Å². The molecule has 0 spiro atoms. The molecule has 0 aromatic carbocycles. The highest BCUT2D eigenvalue weighted by Gasteiger charge is 2.46. The first-order valence-corrected chi connectivity index (χ1v) is 7.82. The van der Waals surface area contributed by atoms with E-state index in [2.05, 4.69) is 4.98 Å². The number of hydrogen-bond acceptors (Lipinski definition) is 4. The van der Waals surface area contributed by atoms with Gasteiger partial charge < -0.3 is 14.5 Å². The van der Waals surface area contributed by atoms with E-state index < -0.39 is 0 Å². The Labute approximate surface area is 129 Å². The second-order valence-electron chi connectivity index (χ2n) is 6.28. The van der Waals surface area contributed by atoms with Crippen molar-refractivity contribution in [1.82, 2.24) is 14.8 Å². The van der Waals surface area contributed by atoms with Crippen LogP contribution in [-0.2, 0) is 20.9 Å². The third-order valence-corrected chi connectivity index (χ3v) is 4.68. The third-order valence-electron chi connectivity index (χ3n) is 4.68. The highest BCUT2D eigenvalue weighted by molar-refractivity contribution is 5.82. The van der Waals surface area contributed by atoms with Crippen LogP contribution >= 0.6 is 0 Å². The normalized spacial score (nSPS) is 27.9. The van der Waals surface area contributed by atoms with Crippen molar-refractivity contribution in [3.8, 4) is 0 Å². The number of fused-ring (bicyclic) bond motifs is 1. The molecule has 1 aromatic heterocycles. The van der Waals surface area contributed by atoms with Gasteiger partial charge in [-0.05, 0) is 25.0 Å². The Balaban J connectivity index is 1.50. The van der Waals surface area contributed by atoms with E-state index in [-0.39, 0.29) is 36.5 Å². The van der Waals surface area contributed by atoms with Crippen molar-refractivity contribution in [2.75, 3.05) is 19.7 Å². The molecule has 1 aliphatic carbocycles. The van der Waals surface area contributed by atoms with Crippen LogP contribution < -0.4 is 0 Å². The molecule has 0 bridgehead atoms.